The van der Waals surface area contributed by atoms with Crippen LogP contribution in [0.5, 0.6) is 0 Å². The highest BCUT2D eigenvalue weighted by molar-refractivity contribution is 7.18. The zero-order chi connectivity index (χ0) is 21.0. The summed E-state index contributed by atoms with van der Waals surface area (Å²) < 4.78 is 0. The summed E-state index contributed by atoms with van der Waals surface area (Å²) in [6.45, 7) is 6.31. The minimum atomic E-state index is -0.299. The lowest BCUT2D eigenvalue weighted by atomic mass is 10.2. The lowest BCUT2D eigenvalue weighted by Gasteiger charge is -2.26. The number of aromatic nitrogens is 1. The second-order valence-corrected chi connectivity index (χ2v) is 8.40. The average molecular weight is 428 g/mol. The van der Waals surface area contributed by atoms with Crippen molar-refractivity contribution >= 4 is 39.8 Å². The molecule has 0 radical (unpaired) electrons. The second kappa shape index (κ2) is 9.20. The highest BCUT2D eigenvalue weighted by atomic mass is 35.5. The van der Waals surface area contributed by atoms with Crippen molar-refractivity contribution in [3.63, 3.8) is 0 Å². The highest BCUT2D eigenvalue weighted by Gasteiger charge is 2.23. The van der Waals surface area contributed by atoms with E-state index in [4.69, 9.17) is 11.6 Å². The number of rotatable bonds is 6. The van der Waals surface area contributed by atoms with E-state index in [1.54, 1.807) is 41.6 Å². The Kier molecular flexibility index (Phi) is 6.67. The van der Waals surface area contributed by atoms with E-state index in [1.165, 1.54) is 11.3 Å². The van der Waals surface area contributed by atoms with E-state index in [0.717, 1.165) is 11.1 Å². The number of anilines is 1. The number of halogens is 1. The van der Waals surface area contributed by atoms with E-state index in [1.807, 2.05) is 39.0 Å². The molecule has 5 nitrogen and oxygen atoms in total. The summed E-state index contributed by atoms with van der Waals surface area (Å²) in [5, 5.41) is 3.85. The number of hydrogen-bond donors (Lipinski definition) is 1. The van der Waals surface area contributed by atoms with Gasteiger partial charge in [0.2, 0.25) is 0 Å². The summed E-state index contributed by atoms with van der Waals surface area (Å²) >= 11 is 7.37. The van der Waals surface area contributed by atoms with E-state index >= 15 is 0 Å². The van der Waals surface area contributed by atoms with Crippen LogP contribution >= 0.6 is 22.9 Å². The predicted octanol–water partition coefficient (Wildman–Crippen LogP) is 5.41. The van der Waals surface area contributed by atoms with Gasteiger partial charge in [-0.25, -0.2) is 0 Å². The summed E-state index contributed by atoms with van der Waals surface area (Å²) in [7, 11) is 0. The van der Waals surface area contributed by atoms with Crippen molar-refractivity contribution in [2.24, 2.45) is 0 Å². The fraction of sp³-hybridized carbons (Fsp3) is 0.227. The van der Waals surface area contributed by atoms with Gasteiger partial charge < -0.3 is 10.2 Å². The third-order valence-corrected chi connectivity index (χ3v) is 5.90. The van der Waals surface area contributed by atoms with Gasteiger partial charge in [-0.3, -0.25) is 14.6 Å². The van der Waals surface area contributed by atoms with Gasteiger partial charge >= 0.3 is 0 Å². The first-order chi connectivity index (χ1) is 13.9. The standard InChI is InChI=1S/C22H22ClN3O2S/c1-14(2)26(13-16-7-6-10-24-12-16)22(28)20-15(3)11-19(29-20)25-21(27)17-8-4-5-9-18(17)23/h4-12,14H,13H2,1-3H3,(H,25,27). The molecule has 0 aliphatic carbocycles. The van der Waals surface area contributed by atoms with Crippen LogP contribution in [0, 0.1) is 6.92 Å². The third kappa shape index (κ3) is 5.02. The summed E-state index contributed by atoms with van der Waals surface area (Å²) in [6, 6.07) is 12.5. The number of nitrogens with one attached hydrogen (secondary N) is 1. The van der Waals surface area contributed by atoms with Crippen LogP contribution in [0.2, 0.25) is 5.02 Å². The maximum Gasteiger partial charge on any atom is 0.264 e. The van der Waals surface area contributed by atoms with Crippen LogP contribution in [0.25, 0.3) is 0 Å². The molecule has 2 amide bonds. The Labute approximate surface area is 179 Å². The molecular weight excluding hydrogens is 406 g/mol. The van der Waals surface area contributed by atoms with Crippen molar-refractivity contribution in [3.8, 4) is 0 Å². The van der Waals surface area contributed by atoms with Gasteiger partial charge in [0.05, 0.1) is 20.5 Å². The lowest BCUT2D eigenvalue weighted by molar-refractivity contribution is 0.0694. The van der Waals surface area contributed by atoms with Crippen LogP contribution in [0.1, 0.15) is 45.0 Å². The van der Waals surface area contributed by atoms with Gasteiger partial charge in [0.25, 0.3) is 11.8 Å². The smallest absolute Gasteiger partial charge is 0.264 e. The van der Waals surface area contributed by atoms with Gasteiger partial charge in [0, 0.05) is 25.0 Å². The Balaban J connectivity index is 1.80. The second-order valence-electron chi connectivity index (χ2n) is 6.94. The number of aryl methyl sites for hydroxylation is 1. The van der Waals surface area contributed by atoms with E-state index in [-0.39, 0.29) is 17.9 Å². The maximum absolute atomic E-state index is 13.2. The zero-order valence-corrected chi connectivity index (χ0v) is 18.1. The molecule has 3 rings (SSSR count). The first-order valence-electron chi connectivity index (χ1n) is 9.23. The first kappa shape index (κ1) is 21.0. The van der Waals surface area contributed by atoms with Crippen LogP contribution in [-0.4, -0.2) is 27.7 Å². The normalized spacial score (nSPS) is 10.8. The Hall–Kier alpha value is -2.70. The van der Waals surface area contributed by atoms with Crippen LogP contribution in [0.3, 0.4) is 0 Å². The Morgan fingerprint density at radius 2 is 1.97 bits per heavy atom. The molecule has 0 aliphatic rings. The van der Waals surface area contributed by atoms with Crippen molar-refractivity contribution in [3.05, 3.63) is 81.4 Å². The van der Waals surface area contributed by atoms with Crippen molar-refractivity contribution < 1.29 is 9.59 Å². The van der Waals surface area contributed by atoms with Crippen molar-refractivity contribution in [1.29, 1.82) is 0 Å². The monoisotopic (exact) mass is 427 g/mol. The molecule has 1 N–H and O–H groups in total. The van der Waals surface area contributed by atoms with Crippen LogP contribution in [-0.2, 0) is 6.54 Å². The van der Waals surface area contributed by atoms with E-state index in [9.17, 15) is 9.59 Å². The van der Waals surface area contributed by atoms with Gasteiger partial charge in [-0.2, -0.15) is 0 Å². The molecule has 1 aromatic carbocycles. The number of benzene rings is 1. The van der Waals surface area contributed by atoms with Gasteiger partial charge in [-0.05, 0) is 56.2 Å². The number of carbonyl (C=O) groups is 2. The van der Waals surface area contributed by atoms with Gasteiger partial charge in [-0.1, -0.05) is 29.8 Å². The minimum Gasteiger partial charge on any atom is -0.331 e. The molecule has 29 heavy (non-hydrogen) atoms. The Morgan fingerprint density at radius 1 is 1.21 bits per heavy atom. The van der Waals surface area contributed by atoms with E-state index < -0.39 is 0 Å². The van der Waals surface area contributed by atoms with Gasteiger partial charge in [-0.15, -0.1) is 11.3 Å². The fourth-order valence-corrected chi connectivity index (χ4v) is 4.13. The fourth-order valence-electron chi connectivity index (χ4n) is 2.89. The molecule has 0 bridgehead atoms. The summed E-state index contributed by atoms with van der Waals surface area (Å²) in [5.41, 5.74) is 2.19. The maximum atomic E-state index is 13.2. The number of amides is 2. The number of carbonyl (C=O) groups excluding carboxylic acids is 2. The molecule has 0 aliphatic heterocycles. The molecule has 0 unspecified atom stereocenters. The first-order valence-corrected chi connectivity index (χ1v) is 10.4. The molecule has 2 aromatic heterocycles. The summed E-state index contributed by atoms with van der Waals surface area (Å²) in [5.74, 6) is -0.364. The summed E-state index contributed by atoms with van der Waals surface area (Å²) in [6.07, 6.45) is 3.47. The topological polar surface area (TPSA) is 62.3 Å². The molecule has 7 heteroatoms. The predicted molar refractivity (Wildman–Crippen MR) is 118 cm³/mol. The molecule has 0 fully saturated rings. The highest BCUT2D eigenvalue weighted by Crippen LogP contribution is 2.30. The molecule has 0 saturated carbocycles. The van der Waals surface area contributed by atoms with Crippen molar-refractivity contribution in [1.82, 2.24) is 9.88 Å². The molecular formula is C22H22ClN3O2S. The third-order valence-electron chi connectivity index (χ3n) is 4.43. The number of nitrogens with zero attached hydrogens (tertiary/aromatic N) is 2. The Bertz CT molecular complexity index is 1020. The van der Waals surface area contributed by atoms with E-state index in [2.05, 4.69) is 10.3 Å². The molecule has 2 heterocycles. The largest absolute Gasteiger partial charge is 0.331 e. The number of hydrogen-bond acceptors (Lipinski definition) is 4. The Morgan fingerprint density at radius 3 is 2.62 bits per heavy atom. The molecule has 150 valence electrons. The summed E-state index contributed by atoms with van der Waals surface area (Å²) in [4.78, 5) is 32.3. The lowest BCUT2D eigenvalue weighted by Crippen LogP contribution is -2.36. The average Bonchev–Trinajstić information content (AvgIpc) is 3.06. The molecule has 3 aromatic rings. The van der Waals surface area contributed by atoms with Crippen molar-refractivity contribution in [2.45, 2.75) is 33.4 Å². The van der Waals surface area contributed by atoms with Crippen LogP contribution < -0.4 is 5.32 Å². The van der Waals surface area contributed by atoms with Gasteiger partial charge in [0.15, 0.2) is 0 Å². The quantitative estimate of drug-likeness (QED) is 0.572. The minimum absolute atomic E-state index is 0.0189. The van der Waals surface area contributed by atoms with E-state index in [0.29, 0.717) is 27.0 Å². The SMILES string of the molecule is Cc1cc(NC(=O)c2ccccc2Cl)sc1C(=O)N(Cc1cccnc1)C(C)C. The number of pyridine rings is 1. The van der Waals surface area contributed by atoms with Crippen LogP contribution in [0.15, 0.2) is 54.9 Å². The molecule has 0 saturated heterocycles. The van der Waals surface area contributed by atoms with Gasteiger partial charge in [0.1, 0.15) is 0 Å². The number of thiophene rings is 1. The van der Waals surface area contributed by atoms with Crippen molar-refractivity contribution in [2.75, 3.05) is 5.32 Å². The zero-order valence-electron chi connectivity index (χ0n) is 16.5. The molecule has 0 spiro atoms. The molecule has 0 atom stereocenters. The van der Waals surface area contributed by atoms with Crippen LogP contribution in [0.4, 0.5) is 5.00 Å².